The van der Waals surface area contributed by atoms with Gasteiger partial charge in [-0.15, -0.1) is 11.3 Å². The maximum atomic E-state index is 12.4. The first kappa shape index (κ1) is 15.2. The fourth-order valence-electron chi connectivity index (χ4n) is 1.82. The molecule has 0 bridgehead atoms. The zero-order chi connectivity index (χ0) is 13.5. The fraction of sp³-hybridized carbons (Fsp3) is 0.643. The van der Waals surface area contributed by atoms with Crippen molar-refractivity contribution < 1.29 is 4.79 Å². The van der Waals surface area contributed by atoms with Gasteiger partial charge in [0.1, 0.15) is 0 Å². The van der Waals surface area contributed by atoms with Gasteiger partial charge in [-0.05, 0) is 31.8 Å². The largest absolute Gasteiger partial charge is 0.335 e. The third-order valence-corrected chi connectivity index (χ3v) is 3.80. The Hall–Kier alpha value is -0.870. The highest BCUT2D eigenvalue weighted by Crippen LogP contribution is 2.16. The average molecular weight is 268 g/mol. The average Bonchev–Trinajstić information content (AvgIpc) is 2.84. The van der Waals surface area contributed by atoms with Gasteiger partial charge in [0.25, 0.3) is 0 Å². The van der Waals surface area contributed by atoms with Crippen LogP contribution >= 0.6 is 11.3 Å². The Bertz CT molecular complexity index is 349. The molecule has 1 heterocycles. The van der Waals surface area contributed by atoms with Crippen molar-refractivity contribution in [3.63, 3.8) is 0 Å². The first-order valence-corrected chi connectivity index (χ1v) is 7.47. The second kappa shape index (κ2) is 7.54. The monoisotopic (exact) mass is 268 g/mol. The van der Waals surface area contributed by atoms with Crippen molar-refractivity contribution in [3.8, 4) is 0 Å². The van der Waals surface area contributed by atoms with Gasteiger partial charge in [0.05, 0.1) is 6.54 Å². The van der Waals surface area contributed by atoms with E-state index in [0.29, 0.717) is 0 Å². The summed E-state index contributed by atoms with van der Waals surface area (Å²) in [6, 6.07) is 4.36. The van der Waals surface area contributed by atoms with Gasteiger partial charge in [-0.1, -0.05) is 19.9 Å². The number of carbonyl (C=O) groups excluding carboxylic acids is 1. The van der Waals surface area contributed by atoms with E-state index in [0.717, 1.165) is 19.6 Å². The molecule has 0 aliphatic rings. The molecule has 0 saturated carbocycles. The molecule has 1 aromatic rings. The topological polar surface area (TPSA) is 32.3 Å². The Morgan fingerprint density at radius 2 is 2.17 bits per heavy atom. The van der Waals surface area contributed by atoms with E-state index in [2.05, 4.69) is 37.5 Å². The van der Waals surface area contributed by atoms with Crippen molar-refractivity contribution >= 4 is 17.2 Å². The van der Waals surface area contributed by atoms with Gasteiger partial charge in [-0.25, -0.2) is 0 Å². The number of amides is 1. The Morgan fingerprint density at radius 3 is 2.67 bits per heavy atom. The molecule has 1 unspecified atom stereocenters. The van der Waals surface area contributed by atoms with Crippen LogP contribution in [-0.2, 0) is 11.3 Å². The molecule has 0 radical (unpaired) electrons. The molecule has 1 rings (SSSR count). The maximum Gasteiger partial charge on any atom is 0.227 e. The van der Waals surface area contributed by atoms with Gasteiger partial charge >= 0.3 is 0 Å². The summed E-state index contributed by atoms with van der Waals surface area (Å²) in [5, 5.41) is 5.29. The highest BCUT2D eigenvalue weighted by Gasteiger charge is 2.22. The normalized spacial score (nSPS) is 12.7. The molecule has 0 spiro atoms. The second-order valence-corrected chi connectivity index (χ2v) is 5.88. The van der Waals surface area contributed by atoms with Crippen molar-refractivity contribution in [3.05, 3.63) is 22.4 Å². The number of nitrogens with zero attached hydrogens (tertiary/aromatic N) is 1. The molecule has 3 nitrogen and oxygen atoms in total. The van der Waals surface area contributed by atoms with E-state index in [1.165, 1.54) is 4.88 Å². The van der Waals surface area contributed by atoms with Crippen molar-refractivity contribution in [1.29, 1.82) is 0 Å². The third kappa shape index (κ3) is 4.42. The number of thiophene rings is 1. The van der Waals surface area contributed by atoms with Crippen LogP contribution in [0.4, 0.5) is 0 Å². The molecule has 18 heavy (non-hydrogen) atoms. The number of nitrogens with one attached hydrogen (secondary N) is 1. The molecule has 1 atom stereocenters. The molecule has 0 saturated heterocycles. The van der Waals surface area contributed by atoms with Crippen LogP contribution in [-0.4, -0.2) is 29.9 Å². The Balaban J connectivity index is 2.63. The predicted octanol–water partition coefficient (Wildman–Crippen LogP) is 2.73. The van der Waals surface area contributed by atoms with Gasteiger partial charge in [-0.2, -0.15) is 0 Å². The standard InChI is InChI=1S/C14H24N2OS/c1-5-15-9-12(4)14(17)16(11(2)3)10-13-7-6-8-18-13/h6-8,11-12,15H,5,9-10H2,1-4H3. The molecule has 102 valence electrons. The van der Waals surface area contributed by atoms with Crippen LogP contribution in [0.1, 0.15) is 32.6 Å². The third-order valence-electron chi connectivity index (χ3n) is 2.93. The highest BCUT2D eigenvalue weighted by atomic mass is 32.1. The lowest BCUT2D eigenvalue weighted by Crippen LogP contribution is -2.42. The summed E-state index contributed by atoms with van der Waals surface area (Å²) in [5.74, 6) is 0.270. The van der Waals surface area contributed by atoms with Crippen LogP contribution in [0.2, 0.25) is 0 Å². The Morgan fingerprint density at radius 1 is 1.44 bits per heavy atom. The quantitative estimate of drug-likeness (QED) is 0.824. The summed E-state index contributed by atoms with van der Waals surface area (Å²) < 4.78 is 0. The van der Waals surface area contributed by atoms with Crippen LogP contribution < -0.4 is 5.32 Å². The minimum Gasteiger partial charge on any atom is -0.335 e. The fourth-order valence-corrected chi connectivity index (χ4v) is 2.52. The van der Waals surface area contributed by atoms with E-state index < -0.39 is 0 Å². The molecule has 1 amide bonds. The van der Waals surface area contributed by atoms with Gasteiger partial charge in [0.2, 0.25) is 5.91 Å². The maximum absolute atomic E-state index is 12.4. The minimum absolute atomic E-state index is 0.0345. The molecular weight excluding hydrogens is 244 g/mol. The number of hydrogen-bond donors (Lipinski definition) is 1. The summed E-state index contributed by atoms with van der Waals surface area (Å²) in [5.41, 5.74) is 0. The van der Waals surface area contributed by atoms with E-state index in [4.69, 9.17) is 0 Å². The SMILES string of the molecule is CCNCC(C)C(=O)N(Cc1cccs1)C(C)C. The summed E-state index contributed by atoms with van der Waals surface area (Å²) in [6.45, 7) is 10.6. The minimum atomic E-state index is 0.0345. The zero-order valence-corrected chi connectivity index (χ0v) is 12.6. The molecule has 1 N–H and O–H groups in total. The smallest absolute Gasteiger partial charge is 0.227 e. The van der Waals surface area contributed by atoms with Gasteiger partial charge in [0, 0.05) is 23.4 Å². The molecule has 0 aliphatic carbocycles. The van der Waals surface area contributed by atoms with E-state index >= 15 is 0 Å². The van der Waals surface area contributed by atoms with Crippen LogP contribution in [0.3, 0.4) is 0 Å². The van der Waals surface area contributed by atoms with Crippen LogP contribution in [0.25, 0.3) is 0 Å². The van der Waals surface area contributed by atoms with Crippen molar-refractivity contribution in [2.75, 3.05) is 13.1 Å². The summed E-state index contributed by atoms with van der Waals surface area (Å²) in [4.78, 5) is 15.6. The van der Waals surface area contributed by atoms with E-state index in [1.54, 1.807) is 11.3 Å². The Kier molecular flexibility index (Phi) is 6.36. The van der Waals surface area contributed by atoms with Crippen molar-refractivity contribution in [2.24, 2.45) is 5.92 Å². The molecule has 1 aromatic heterocycles. The molecular formula is C14H24N2OS. The molecule has 4 heteroatoms. The number of hydrogen-bond acceptors (Lipinski definition) is 3. The van der Waals surface area contributed by atoms with Crippen molar-refractivity contribution in [2.45, 2.75) is 40.3 Å². The molecule has 0 aromatic carbocycles. The van der Waals surface area contributed by atoms with Crippen molar-refractivity contribution in [1.82, 2.24) is 10.2 Å². The lowest BCUT2D eigenvalue weighted by molar-refractivity contribution is -0.137. The molecule has 0 fully saturated rings. The van der Waals surface area contributed by atoms with E-state index in [1.807, 2.05) is 17.9 Å². The van der Waals surface area contributed by atoms with Gasteiger partial charge in [0.15, 0.2) is 0 Å². The van der Waals surface area contributed by atoms with Crippen LogP contribution in [0.5, 0.6) is 0 Å². The van der Waals surface area contributed by atoms with Crippen LogP contribution in [0.15, 0.2) is 17.5 Å². The van der Waals surface area contributed by atoms with E-state index in [9.17, 15) is 4.79 Å². The first-order chi connectivity index (χ1) is 8.56. The second-order valence-electron chi connectivity index (χ2n) is 4.85. The highest BCUT2D eigenvalue weighted by molar-refractivity contribution is 7.09. The summed E-state index contributed by atoms with van der Waals surface area (Å²) in [7, 11) is 0. The number of rotatable bonds is 7. The van der Waals surface area contributed by atoms with E-state index in [-0.39, 0.29) is 17.9 Å². The predicted molar refractivity (Wildman–Crippen MR) is 77.7 cm³/mol. The number of carbonyl (C=O) groups is 1. The first-order valence-electron chi connectivity index (χ1n) is 6.59. The Labute approximate surface area is 114 Å². The summed E-state index contributed by atoms with van der Waals surface area (Å²) in [6.07, 6.45) is 0. The van der Waals surface area contributed by atoms with Gasteiger partial charge in [-0.3, -0.25) is 4.79 Å². The zero-order valence-electron chi connectivity index (χ0n) is 11.8. The summed E-state index contributed by atoms with van der Waals surface area (Å²) >= 11 is 1.71. The van der Waals surface area contributed by atoms with Gasteiger partial charge < -0.3 is 10.2 Å². The lowest BCUT2D eigenvalue weighted by Gasteiger charge is -2.29. The van der Waals surface area contributed by atoms with Crippen LogP contribution in [0, 0.1) is 5.92 Å². The molecule has 0 aliphatic heterocycles. The lowest BCUT2D eigenvalue weighted by atomic mass is 10.1.